The van der Waals surface area contributed by atoms with E-state index in [1.807, 2.05) is 54.7 Å². The molecule has 2 N–H and O–H groups in total. The Labute approximate surface area is 206 Å². The van der Waals surface area contributed by atoms with E-state index >= 15 is 0 Å². The van der Waals surface area contributed by atoms with E-state index in [2.05, 4.69) is 43.4 Å². The fraction of sp³-hybridized carbons (Fsp3) is 0.370. The minimum absolute atomic E-state index is 0.0169. The molecule has 2 aromatic heterocycles. The largest absolute Gasteiger partial charge is 0.352 e. The number of nitrogens with zero attached hydrogens (tertiary/aromatic N) is 3. The number of benzene rings is 1. The van der Waals surface area contributed by atoms with E-state index in [1.165, 1.54) is 37.8 Å². The van der Waals surface area contributed by atoms with Crippen LogP contribution >= 0.6 is 12.2 Å². The molecule has 0 bridgehead atoms. The highest BCUT2D eigenvalue weighted by Crippen LogP contribution is 2.41. The molecule has 2 fully saturated rings. The van der Waals surface area contributed by atoms with E-state index in [4.69, 9.17) is 12.2 Å². The molecule has 2 unspecified atom stereocenters. The molecule has 7 heteroatoms. The van der Waals surface area contributed by atoms with Gasteiger partial charge in [-0.15, -0.1) is 0 Å². The number of amides is 1. The number of anilines is 1. The third-order valence-corrected chi connectivity index (χ3v) is 7.27. The SMILES string of the molecule is O=C(CCN1C(=S)NC(c2ccccn2)C1c1cccn1C1CCCCC1)Nc1ccccc1. The predicted molar refractivity (Wildman–Crippen MR) is 138 cm³/mol. The first-order valence-corrected chi connectivity index (χ1v) is 12.6. The molecular formula is C27H31N5OS. The number of carbonyl (C=O) groups excluding carboxylic acids is 1. The Bertz CT molecular complexity index is 1110. The summed E-state index contributed by atoms with van der Waals surface area (Å²) in [5.41, 5.74) is 3.00. The van der Waals surface area contributed by atoms with Crippen LogP contribution in [0.2, 0.25) is 0 Å². The zero-order chi connectivity index (χ0) is 23.3. The normalized spacial score (nSPS) is 20.8. The van der Waals surface area contributed by atoms with Gasteiger partial charge in [0.1, 0.15) is 0 Å². The van der Waals surface area contributed by atoms with Crippen LogP contribution in [0.25, 0.3) is 0 Å². The van der Waals surface area contributed by atoms with Gasteiger partial charge in [0.25, 0.3) is 0 Å². The number of pyridine rings is 1. The smallest absolute Gasteiger partial charge is 0.226 e. The number of hydrogen-bond acceptors (Lipinski definition) is 3. The lowest BCUT2D eigenvalue weighted by molar-refractivity contribution is -0.116. The average Bonchev–Trinajstić information content (AvgIpc) is 3.48. The summed E-state index contributed by atoms with van der Waals surface area (Å²) in [6.07, 6.45) is 10.7. The molecule has 0 radical (unpaired) electrons. The predicted octanol–water partition coefficient (Wildman–Crippen LogP) is 5.39. The average molecular weight is 474 g/mol. The van der Waals surface area contributed by atoms with Gasteiger partial charge in [0.15, 0.2) is 5.11 Å². The van der Waals surface area contributed by atoms with Crippen molar-refractivity contribution in [2.75, 3.05) is 11.9 Å². The number of carbonyl (C=O) groups is 1. The third kappa shape index (κ3) is 4.85. The van der Waals surface area contributed by atoms with Gasteiger partial charge < -0.3 is 20.1 Å². The Balaban J connectivity index is 1.40. The molecule has 1 aromatic carbocycles. The fourth-order valence-electron chi connectivity index (χ4n) is 5.28. The van der Waals surface area contributed by atoms with Crippen molar-refractivity contribution in [2.24, 2.45) is 0 Å². The van der Waals surface area contributed by atoms with Crippen LogP contribution in [0.15, 0.2) is 73.1 Å². The van der Waals surface area contributed by atoms with Gasteiger partial charge >= 0.3 is 0 Å². The van der Waals surface area contributed by atoms with E-state index < -0.39 is 0 Å². The quantitative estimate of drug-likeness (QED) is 0.451. The zero-order valence-corrected chi connectivity index (χ0v) is 20.1. The molecule has 176 valence electrons. The Hall–Kier alpha value is -3.19. The van der Waals surface area contributed by atoms with Crippen LogP contribution < -0.4 is 10.6 Å². The van der Waals surface area contributed by atoms with Crippen molar-refractivity contribution in [2.45, 2.75) is 56.7 Å². The fourth-order valence-corrected chi connectivity index (χ4v) is 5.62. The molecule has 34 heavy (non-hydrogen) atoms. The van der Waals surface area contributed by atoms with Crippen LogP contribution in [-0.4, -0.2) is 32.0 Å². The topological polar surface area (TPSA) is 62.2 Å². The summed E-state index contributed by atoms with van der Waals surface area (Å²) in [5.74, 6) is -0.0169. The molecule has 0 spiro atoms. The second kappa shape index (κ2) is 10.4. The summed E-state index contributed by atoms with van der Waals surface area (Å²) in [5, 5.41) is 7.17. The molecule has 1 saturated carbocycles. The summed E-state index contributed by atoms with van der Waals surface area (Å²) in [4.78, 5) is 19.5. The van der Waals surface area contributed by atoms with E-state index in [0.29, 0.717) is 24.1 Å². The van der Waals surface area contributed by atoms with Crippen molar-refractivity contribution in [1.82, 2.24) is 19.8 Å². The van der Waals surface area contributed by atoms with Crippen LogP contribution in [-0.2, 0) is 4.79 Å². The van der Waals surface area contributed by atoms with E-state index in [-0.39, 0.29) is 18.0 Å². The van der Waals surface area contributed by atoms with Crippen molar-refractivity contribution in [3.8, 4) is 0 Å². The highest BCUT2D eigenvalue weighted by molar-refractivity contribution is 7.80. The molecule has 1 aliphatic heterocycles. The van der Waals surface area contributed by atoms with Crippen LogP contribution in [0, 0.1) is 0 Å². The van der Waals surface area contributed by atoms with Gasteiger partial charge in [-0.05, 0) is 61.5 Å². The molecule has 5 rings (SSSR count). The van der Waals surface area contributed by atoms with Crippen molar-refractivity contribution < 1.29 is 4.79 Å². The molecule has 1 saturated heterocycles. The maximum Gasteiger partial charge on any atom is 0.226 e. The summed E-state index contributed by atoms with van der Waals surface area (Å²) < 4.78 is 2.45. The van der Waals surface area contributed by atoms with E-state index in [1.54, 1.807) is 0 Å². The minimum Gasteiger partial charge on any atom is -0.352 e. The number of rotatable bonds is 7. The second-order valence-electron chi connectivity index (χ2n) is 9.12. The van der Waals surface area contributed by atoms with Gasteiger partial charge in [0, 0.05) is 42.8 Å². The lowest BCUT2D eigenvalue weighted by Crippen LogP contribution is -2.33. The van der Waals surface area contributed by atoms with Crippen LogP contribution in [0.3, 0.4) is 0 Å². The van der Waals surface area contributed by atoms with E-state index in [0.717, 1.165) is 11.4 Å². The van der Waals surface area contributed by atoms with Gasteiger partial charge in [0.05, 0.1) is 17.8 Å². The first-order chi connectivity index (χ1) is 16.7. The van der Waals surface area contributed by atoms with Gasteiger partial charge in [-0.1, -0.05) is 43.5 Å². The lowest BCUT2D eigenvalue weighted by Gasteiger charge is -2.32. The molecule has 2 atom stereocenters. The van der Waals surface area contributed by atoms with Crippen LogP contribution in [0.1, 0.15) is 68.0 Å². The molecule has 1 aliphatic carbocycles. The molecule has 3 heterocycles. The molecular weight excluding hydrogens is 442 g/mol. The van der Waals surface area contributed by atoms with Crippen LogP contribution in [0.4, 0.5) is 5.69 Å². The van der Waals surface area contributed by atoms with Gasteiger partial charge in [0.2, 0.25) is 5.91 Å². The van der Waals surface area contributed by atoms with Crippen molar-refractivity contribution in [1.29, 1.82) is 0 Å². The minimum atomic E-state index is -0.0666. The van der Waals surface area contributed by atoms with E-state index in [9.17, 15) is 4.79 Å². The lowest BCUT2D eigenvalue weighted by atomic mass is 9.94. The maximum absolute atomic E-state index is 12.7. The van der Waals surface area contributed by atoms with Gasteiger partial charge in [-0.3, -0.25) is 9.78 Å². The number of nitrogens with one attached hydrogen (secondary N) is 2. The Morgan fingerprint density at radius 1 is 1.03 bits per heavy atom. The maximum atomic E-state index is 12.7. The molecule has 3 aromatic rings. The monoisotopic (exact) mass is 473 g/mol. The summed E-state index contributed by atoms with van der Waals surface area (Å²) in [7, 11) is 0. The standard InChI is InChI=1S/C27H31N5OS/c33-24(29-20-10-3-1-4-11-20)16-19-32-26(25(30-27(32)34)22-14-7-8-17-28-22)23-15-9-18-31(23)21-12-5-2-6-13-21/h1,3-4,7-11,14-15,17-18,21,25-26H,2,5-6,12-13,16,19H2,(H,29,33)(H,30,34). The number of para-hydroxylation sites is 1. The van der Waals surface area contributed by atoms with Crippen molar-refractivity contribution in [3.63, 3.8) is 0 Å². The molecule has 1 amide bonds. The number of hydrogen-bond donors (Lipinski definition) is 2. The Kier molecular flexibility index (Phi) is 6.90. The Morgan fingerprint density at radius 3 is 2.59 bits per heavy atom. The first-order valence-electron chi connectivity index (χ1n) is 12.2. The number of thiocarbonyl (C=S) groups is 1. The third-order valence-electron chi connectivity index (χ3n) is 6.92. The zero-order valence-electron chi connectivity index (χ0n) is 19.3. The van der Waals surface area contributed by atoms with Crippen molar-refractivity contribution in [3.05, 3.63) is 84.4 Å². The summed E-state index contributed by atoms with van der Waals surface area (Å²) in [6.45, 7) is 0.536. The van der Waals surface area contributed by atoms with Gasteiger partial charge in [-0.2, -0.15) is 0 Å². The van der Waals surface area contributed by atoms with Gasteiger partial charge in [-0.25, -0.2) is 0 Å². The molecule has 2 aliphatic rings. The van der Waals surface area contributed by atoms with Crippen molar-refractivity contribution >= 4 is 28.9 Å². The molecule has 6 nitrogen and oxygen atoms in total. The highest BCUT2D eigenvalue weighted by atomic mass is 32.1. The highest BCUT2D eigenvalue weighted by Gasteiger charge is 2.41. The second-order valence-corrected chi connectivity index (χ2v) is 9.50. The summed E-state index contributed by atoms with van der Waals surface area (Å²) >= 11 is 5.80. The number of aromatic nitrogens is 2. The summed E-state index contributed by atoms with van der Waals surface area (Å²) in [6, 6.07) is 20.3. The Morgan fingerprint density at radius 2 is 1.82 bits per heavy atom. The first kappa shape index (κ1) is 22.6. The van der Waals surface area contributed by atoms with Crippen LogP contribution in [0.5, 0.6) is 0 Å².